The lowest BCUT2D eigenvalue weighted by Gasteiger charge is -2.22. The van der Waals surface area contributed by atoms with Crippen LogP contribution in [0.15, 0.2) is 59.0 Å². The van der Waals surface area contributed by atoms with E-state index in [4.69, 9.17) is 0 Å². The van der Waals surface area contributed by atoms with Gasteiger partial charge in [0.2, 0.25) is 5.91 Å². The Kier molecular flexibility index (Phi) is 6.58. The van der Waals surface area contributed by atoms with Crippen molar-refractivity contribution in [1.29, 1.82) is 0 Å². The molecule has 3 heterocycles. The quantitative estimate of drug-likeness (QED) is 0.214. The number of hydrazine groups is 1. The molecule has 176 valence electrons. The number of imide groups is 1. The molecule has 3 aromatic rings. The number of rotatable bonds is 8. The van der Waals surface area contributed by atoms with Crippen LogP contribution >= 0.6 is 23.1 Å². The third-order valence-electron chi connectivity index (χ3n) is 5.44. The maximum absolute atomic E-state index is 13.0. The number of amides is 4. The summed E-state index contributed by atoms with van der Waals surface area (Å²) < 4.78 is 1.46. The summed E-state index contributed by atoms with van der Waals surface area (Å²) in [5, 5.41) is 4.23. The lowest BCUT2D eigenvalue weighted by atomic mass is 9.92. The van der Waals surface area contributed by atoms with Gasteiger partial charge < -0.3 is 5.32 Å². The summed E-state index contributed by atoms with van der Waals surface area (Å²) >= 11 is 2.49. The Balaban J connectivity index is 1.50. The minimum atomic E-state index is -1.29. The number of thioether (sulfide) groups is 1. The number of fused-ring (bicyclic) bond motifs is 1. The number of nitrogens with zero attached hydrogens (tertiary/aromatic N) is 3. The molecule has 2 aromatic heterocycles. The number of urea groups is 1. The first-order valence-electron chi connectivity index (χ1n) is 10.6. The summed E-state index contributed by atoms with van der Waals surface area (Å²) in [5.74, 6) is -1.32. The zero-order valence-corrected chi connectivity index (χ0v) is 20.3. The molecule has 4 amide bonds. The van der Waals surface area contributed by atoms with E-state index in [1.165, 1.54) is 15.9 Å². The maximum atomic E-state index is 13.0. The minimum absolute atomic E-state index is 0.153. The first-order chi connectivity index (χ1) is 16.3. The van der Waals surface area contributed by atoms with Gasteiger partial charge in [-0.3, -0.25) is 24.4 Å². The second kappa shape index (κ2) is 9.43. The Morgan fingerprint density at radius 3 is 2.71 bits per heavy atom. The summed E-state index contributed by atoms with van der Waals surface area (Å²) in [4.78, 5) is 57.2. The molecule has 0 saturated carbocycles. The molecule has 0 radical (unpaired) electrons. The largest absolute Gasteiger partial charge is 0.344 e. The predicted octanol–water partition coefficient (Wildman–Crippen LogP) is 2.80. The van der Waals surface area contributed by atoms with Crippen molar-refractivity contribution >= 4 is 51.2 Å². The molecule has 0 aliphatic carbocycles. The van der Waals surface area contributed by atoms with Crippen LogP contribution in [-0.4, -0.2) is 38.2 Å². The van der Waals surface area contributed by atoms with Crippen LogP contribution in [0, 0.1) is 0 Å². The second-order valence-electron chi connectivity index (χ2n) is 7.77. The maximum Gasteiger partial charge on any atom is 0.344 e. The van der Waals surface area contributed by atoms with E-state index in [0.717, 1.165) is 23.1 Å². The Morgan fingerprint density at radius 2 is 2.03 bits per heavy atom. The van der Waals surface area contributed by atoms with Crippen molar-refractivity contribution in [2.75, 3.05) is 5.75 Å². The van der Waals surface area contributed by atoms with Crippen LogP contribution in [0.4, 0.5) is 4.79 Å². The van der Waals surface area contributed by atoms with Gasteiger partial charge in [-0.15, -0.1) is 17.9 Å². The van der Waals surface area contributed by atoms with Crippen molar-refractivity contribution in [3.8, 4) is 0 Å². The molecule has 1 aromatic carbocycles. The van der Waals surface area contributed by atoms with E-state index in [1.54, 1.807) is 43.3 Å². The Morgan fingerprint density at radius 1 is 1.29 bits per heavy atom. The molecule has 9 nitrogen and oxygen atoms in total. The van der Waals surface area contributed by atoms with Gasteiger partial charge >= 0.3 is 6.03 Å². The van der Waals surface area contributed by atoms with Crippen molar-refractivity contribution in [3.05, 3.63) is 69.8 Å². The van der Waals surface area contributed by atoms with Crippen molar-refractivity contribution in [2.24, 2.45) is 0 Å². The van der Waals surface area contributed by atoms with E-state index in [-0.39, 0.29) is 17.9 Å². The number of aromatic nitrogens is 2. The molecule has 1 aliphatic rings. The highest BCUT2D eigenvalue weighted by atomic mass is 32.2. The van der Waals surface area contributed by atoms with Crippen molar-refractivity contribution < 1.29 is 14.4 Å². The number of carbonyl (C=O) groups excluding carboxylic acids is 3. The number of carbonyl (C=O) groups is 3. The van der Waals surface area contributed by atoms with E-state index >= 15 is 0 Å². The zero-order valence-electron chi connectivity index (χ0n) is 18.7. The van der Waals surface area contributed by atoms with E-state index in [1.807, 2.05) is 13.0 Å². The first-order valence-corrected chi connectivity index (χ1v) is 12.4. The fourth-order valence-corrected chi connectivity index (χ4v) is 5.43. The smallest absolute Gasteiger partial charge is 0.318 e. The molecule has 0 spiro atoms. The van der Waals surface area contributed by atoms with Crippen molar-refractivity contribution in [1.82, 2.24) is 25.3 Å². The first kappa shape index (κ1) is 23.7. The van der Waals surface area contributed by atoms with Crippen LogP contribution in [0.3, 0.4) is 0 Å². The van der Waals surface area contributed by atoms with Gasteiger partial charge in [-0.05, 0) is 25.0 Å². The molecule has 0 unspecified atom stereocenters. The van der Waals surface area contributed by atoms with Crippen LogP contribution in [0.2, 0.25) is 0 Å². The van der Waals surface area contributed by atoms with Crippen LogP contribution in [-0.2, 0) is 28.1 Å². The standard InChI is InChI=1S/C23H23N5O4S2/c1-4-11-27-19(30)16-12-15(5-2)34-18(16)24-22(27)33-13-17(29)26-28-20(31)23(3,25-21(28)32)14-9-7-6-8-10-14/h4,6-10,12H,1,5,11,13H2,2-3H3,(H,25,32)(H,26,29)/t23-/m1/s1. The third kappa shape index (κ3) is 4.24. The topological polar surface area (TPSA) is 113 Å². The summed E-state index contributed by atoms with van der Waals surface area (Å²) in [6, 6.07) is 9.92. The minimum Gasteiger partial charge on any atom is -0.318 e. The third-order valence-corrected chi connectivity index (χ3v) is 7.59. The average Bonchev–Trinajstić information content (AvgIpc) is 3.35. The number of allylic oxidation sites excluding steroid dienone is 1. The number of aryl methyl sites for hydroxylation is 1. The zero-order chi connectivity index (χ0) is 24.5. The Bertz CT molecular complexity index is 1350. The van der Waals surface area contributed by atoms with Crippen molar-refractivity contribution in [2.45, 2.75) is 37.5 Å². The molecule has 1 atom stereocenters. The normalized spacial score (nSPS) is 17.8. The molecule has 34 heavy (non-hydrogen) atoms. The SMILES string of the molecule is C=CCn1c(SCC(=O)NN2C(=O)N[C@](C)(c3ccccc3)C2=O)nc2sc(CC)cc2c1=O. The average molecular weight is 498 g/mol. The number of nitrogens with one attached hydrogen (secondary N) is 2. The van der Waals surface area contributed by atoms with Crippen molar-refractivity contribution in [3.63, 3.8) is 0 Å². The van der Waals surface area contributed by atoms with Gasteiger partial charge in [-0.25, -0.2) is 9.78 Å². The van der Waals surface area contributed by atoms with Gasteiger partial charge in [-0.2, -0.15) is 5.01 Å². The summed E-state index contributed by atoms with van der Waals surface area (Å²) in [6.45, 7) is 7.53. The fraction of sp³-hybridized carbons (Fsp3) is 0.261. The molecule has 0 bridgehead atoms. The van der Waals surface area contributed by atoms with Gasteiger partial charge in [-0.1, -0.05) is 55.1 Å². The summed E-state index contributed by atoms with van der Waals surface area (Å²) in [7, 11) is 0. The molecule has 2 N–H and O–H groups in total. The molecular formula is C23H23N5O4S2. The van der Waals surface area contributed by atoms with E-state index in [9.17, 15) is 19.2 Å². The molecule has 11 heteroatoms. The predicted molar refractivity (Wildman–Crippen MR) is 131 cm³/mol. The number of benzene rings is 1. The Hall–Kier alpha value is -3.44. The highest BCUT2D eigenvalue weighted by molar-refractivity contribution is 7.99. The van der Waals surface area contributed by atoms with Crippen LogP contribution < -0.4 is 16.3 Å². The van der Waals surface area contributed by atoms with Gasteiger partial charge in [0.15, 0.2) is 5.16 Å². The molecule has 4 rings (SSSR count). The second-order valence-corrected chi connectivity index (χ2v) is 9.83. The molecular weight excluding hydrogens is 474 g/mol. The molecule has 1 fully saturated rings. The summed E-state index contributed by atoms with van der Waals surface area (Å²) in [5.41, 5.74) is 1.49. The van der Waals surface area contributed by atoms with Gasteiger partial charge in [0, 0.05) is 11.4 Å². The number of thiophene rings is 1. The summed E-state index contributed by atoms with van der Waals surface area (Å²) in [6.07, 6.45) is 2.38. The van der Waals surface area contributed by atoms with Gasteiger partial charge in [0.25, 0.3) is 11.5 Å². The monoisotopic (exact) mass is 497 g/mol. The molecule has 1 saturated heterocycles. The van der Waals surface area contributed by atoms with Gasteiger partial charge in [0.05, 0.1) is 11.1 Å². The molecule has 1 aliphatic heterocycles. The number of hydrogen-bond acceptors (Lipinski definition) is 7. The van der Waals surface area contributed by atoms with Gasteiger partial charge in [0.1, 0.15) is 10.4 Å². The lowest BCUT2D eigenvalue weighted by Crippen LogP contribution is -2.48. The number of hydrogen-bond donors (Lipinski definition) is 2. The van der Waals surface area contributed by atoms with Crippen LogP contribution in [0.5, 0.6) is 0 Å². The Labute approximate surface area is 203 Å². The lowest BCUT2D eigenvalue weighted by molar-refractivity contribution is -0.138. The highest BCUT2D eigenvalue weighted by Crippen LogP contribution is 2.28. The highest BCUT2D eigenvalue weighted by Gasteiger charge is 2.49. The fourth-order valence-electron chi connectivity index (χ4n) is 3.62. The van der Waals surface area contributed by atoms with E-state index in [2.05, 4.69) is 22.3 Å². The van der Waals surface area contributed by atoms with Crippen LogP contribution in [0.25, 0.3) is 10.2 Å². The van der Waals surface area contributed by atoms with E-state index in [0.29, 0.717) is 25.9 Å². The van der Waals surface area contributed by atoms with Crippen LogP contribution in [0.1, 0.15) is 24.3 Å². The van der Waals surface area contributed by atoms with E-state index < -0.39 is 23.4 Å².